The fraction of sp³-hybridized carbons (Fsp3) is 0.412. The number of aryl methyl sites for hydroxylation is 1. The Kier molecular flexibility index (Phi) is 6.13. The molecule has 0 saturated carbocycles. The van der Waals surface area contributed by atoms with E-state index < -0.39 is 15.4 Å². The second kappa shape index (κ2) is 8.34. The van der Waals surface area contributed by atoms with Gasteiger partial charge < -0.3 is 0 Å². The van der Waals surface area contributed by atoms with Crippen LogP contribution in [0.4, 0.5) is 4.39 Å². The third kappa shape index (κ3) is 4.73. The van der Waals surface area contributed by atoms with Crippen molar-refractivity contribution in [3.8, 4) is 0 Å². The average Bonchev–Trinajstić information content (AvgIpc) is 3.01. The van der Waals surface area contributed by atoms with Gasteiger partial charge in [-0.25, -0.2) is 17.5 Å². The van der Waals surface area contributed by atoms with Crippen molar-refractivity contribution in [2.45, 2.75) is 25.1 Å². The Morgan fingerprint density at radius 3 is 2.73 bits per heavy atom. The van der Waals surface area contributed by atoms with Crippen LogP contribution in [0.1, 0.15) is 27.4 Å². The molecule has 0 radical (unpaired) electrons. The zero-order valence-corrected chi connectivity index (χ0v) is 16.1. The van der Waals surface area contributed by atoms with Crippen molar-refractivity contribution in [2.24, 2.45) is 0 Å². The maximum atomic E-state index is 13.7. The van der Waals surface area contributed by atoms with Crippen LogP contribution in [0.2, 0.25) is 0 Å². The molecule has 2 heterocycles. The van der Waals surface area contributed by atoms with Gasteiger partial charge in [0.1, 0.15) is 10.8 Å². The van der Waals surface area contributed by atoms with Gasteiger partial charge in [-0.2, -0.15) is 0 Å². The molecule has 0 fully saturated rings. The van der Waals surface area contributed by atoms with Gasteiger partial charge in [-0.05, 0) is 25.3 Å². The maximum Gasteiger partial charge on any atom is 0.234 e. The standard InChI is InChI=1S/C17H21FN4O2S2/c1-13-20-21-16(25-13)17(22-11-5-8-15(18)12-22)26(23,24)19-10-9-14-6-3-2-4-7-14/h2-4,6-8,17,19H,5,9-12H2,1H3. The number of hydrogen-bond donors (Lipinski definition) is 1. The molecule has 0 aliphatic carbocycles. The van der Waals surface area contributed by atoms with Gasteiger partial charge in [0.25, 0.3) is 0 Å². The van der Waals surface area contributed by atoms with Crippen LogP contribution < -0.4 is 4.72 Å². The van der Waals surface area contributed by atoms with Crippen LogP contribution in [0.15, 0.2) is 42.2 Å². The first-order valence-corrected chi connectivity index (χ1v) is 10.7. The molecule has 140 valence electrons. The first-order chi connectivity index (χ1) is 12.5. The van der Waals surface area contributed by atoms with E-state index in [0.717, 1.165) is 5.56 Å². The van der Waals surface area contributed by atoms with Crippen LogP contribution in [-0.4, -0.2) is 43.1 Å². The molecule has 6 nitrogen and oxygen atoms in total. The van der Waals surface area contributed by atoms with Gasteiger partial charge >= 0.3 is 0 Å². The Hall–Kier alpha value is -1.68. The molecule has 1 atom stereocenters. The molecule has 1 aromatic carbocycles. The summed E-state index contributed by atoms with van der Waals surface area (Å²) in [6.07, 6.45) is 2.55. The molecule has 1 aliphatic heterocycles. The van der Waals surface area contributed by atoms with Crippen LogP contribution in [-0.2, 0) is 16.4 Å². The summed E-state index contributed by atoms with van der Waals surface area (Å²) in [5.41, 5.74) is 1.05. The van der Waals surface area contributed by atoms with Gasteiger partial charge in [0.05, 0.1) is 6.54 Å². The van der Waals surface area contributed by atoms with Crippen LogP contribution in [0, 0.1) is 6.92 Å². The highest BCUT2D eigenvalue weighted by Crippen LogP contribution is 2.31. The Balaban J connectivity index is 1.77. The van der Waals surface area contributed by atoms with Gasteiger partial charge in [0.2, 0.25) is 10.0 Å². The molecule has 1 aliphatic rings. The molecule has 1 aromatic heterocycles. The summed E-state index contributed by atoms with van der Waals surface area (Å²) in [4.78, 5) is 1.60. The largest absolute Gasteiger partial charge is 0.273 e. The minimum atomic E-state index is -3.77. The molecule has 1 unspecified atom stereocenters. The maximum absolute atomic E-state index is 13.7. The van der Waals surface area contributed by atoms with Crippen LogP contribution >= 0.6 is 11.3 Å². The van der Waals surface area contributed by atoms with E-state index in [-0.39, 0.29) is 18.9 Å². The van der Waals surface area contributed by atoms with E-state index in [1.54, 1.807) is 11.8 Å². The summed E-state index contributed by atoms with van der Waals surface area (Å²) in [7, 11) is -3.77. The second-order valence-corrected chi connectivity index (χ2v) is 9.14. The number of sulfonamides is 1. The van der Waals surface area contributed by atoms with Gasteiger partial charge in [0, 0.05) is 13.1 Å². The van der Waals surface area contributed by atoms with E-state index in [9.17, 15) is 12.8 Å². The van der Waals surface area contributed by atoms with Crippen LogP contribution in [0.5, 0.6) is 0 Å². The molecule has 2 aromatic rings. The number of nitrogens with zero attached hydrogens (tertiary/aromatic N) is 3. The lowest BCUT2D eigenvalue weighted by molar-refractivity contribution is 0.241. The third-order valence-electron chi connectivity index (χ3n) is 4.07. The Morgan fingerprint density at radius 2 is 2.08 bits per heavy atom. The Morgan fingerprint density at radius 1 is 1.31 bits per heavy atom. The number of nitrogens with one attached hydrogen (secondary N) is 1. The van der Waals surface area contributed by atoms with E-state index in [4.69, 9.17) is 0 Å². The van der Waals surface area contributed by atoms with Crippen molar-refractivity contribution in [2.75, 3.05) is 19.6 Å². The predicted octanol–water partition coefficient (Wildman–Crippen LogP) is 2.57. The van der Waals surface area contributed by atoms with E-state index in [0.29, 0.717) is 29.4 Å². The first-order valence-electron chi connectivity index (χ1n) is 8.37. The van der Waals surface area contributed by atoms with E-state index in [1.165, 1.54) is 17.4 Å². The number of hydrogen-bond acceptors (Lipinski definition) is 6. The number of aromatic nitrogens is 2. The molecule has 1 N–H and O–H groups in total. The van der Waals surface area contributed by atoms with Crippen molar-refractivity contribution in [3.63, 3.8) is 0 Å². The summed E-state index contributed by atoms with van der Waals surface area (Å²) in [5.74, 6) is -0.318. The van der Waals surface area contributed by atoms with E-state index in [2.05, 4.69) is 14.9 Å². The van der Waals surface area contributed by atoms with Crippen LogP contribution in [0.3, 0.4) is 0 Å². The molecule has 0 bridgehead atoms. The fourth-order valence-electron chi connectivity index (χ4n) is 2.88. The highest BCUT2D eigenvalue weighted by molar-refractivity contribution is 7.89. The first kappa shape index (κ1) is 19.1. The molecular formula is C17H21FN4O2S2. The summed E-state index contributed by atoms with van der Waals surface area (Å²) in [5, 5.41) is 7.95. The highest BCUT2D eigenvalue weighted by atomic mass is 32.2. The second-order valence-electron chi connectivity index (χ2n) is 6.10. The monoisotopic (exact) mass is 396 g/mol. The quantitative estimate of drug-likeness (QED) is 0.779. The van der Waals surface area contributed by atoms with E-state index in [1.807, 2.05) is 30.3 Å². The molecule has 0 amide bonds. The van der Waals surface area contributed by atoms with Crippen molar-refractivity contribution in [1.82, 2.24) is 19.8 Å². The zero-order valence-electron chi connectivity index (χ0n) is 14.4. The summed E-state index contributed by atoms with van der Waals surface area (Å²) in [6, 6.07) is 9.65. The van der Waals surface area contributed by atoms with Gasteiger partial charge in [-0.3, -0.25) is 4.90 Å². The lowest BCUT2D eigenvalue weighted by atomic mass is 10.2. The smallest absolute Gasteiger partial charge is 0.234 e. The zero-order chi connectivity index (χ0) is 18.6. The Bertz CT molecular complexity index is 868. The molecular weight excluding hydrogens is 375 g/mol. The molecule has 9 heteroatoms. The summed E-state index contributed by atoms with van der Waals surface area (Å²) in [6.45, 7) is 2.45. The van der Waals surface area contributed by atoms with Gasteiger partial charge in [-0.1, -0.05) is 47.7 Å². The minimum absolute atomic E-state index is 0.0388. The normalized spacial score (nSPS) is 17.1. The SMILES string of the molecule is Cc1nnc(C(N2CCC=C(F)C2)S(=O)(=O)NCCc2ccccc2)s1. The third-order valence-corrected chi connectivity index (χ3v) is 6.83. The van der Waals surface area contributed by atoms with Crippen molar-refractivity contribution in [3.05, 3.63) is 57.8 Å². The molecule has 26 heavy (non-hydrogen) atoms. The Labute approximate surface area is 156 Å². The topological polar surface area (TPSA) is 75.2 Å². The van der Waals surface area contributed by atoms with Crippen LogP contribution in [0.25, 0.3) is 0 Å². The summed E-state index contributed by atoms with van der Waals surface area (Å²) >= 11 is 1.22. The molecule has 0 spiro atoms. The highest BCUT2D eigenvalue weighted by Gasteiger charge is 2.37. The van der Waals surface area contributed by atoms with Gasteiger partial charge in [-0.15, -0.1) is 10.2 Å². The minimum Gasteiger partial charge on any atom is -0.273 e. The van der Waals surface area contributed by atoms with Crippen molar-refractivity contribution in [1.29, 1.82) is 0 Å². The lowest BCUT2D eigenvalue weighted by Gasteiger charge is -2.31. The number of halogens is 1. The van der Waals surface area contributed by atoms with E-state index >= 15 is 0 Å². The van der Waals surface area contributed by atoms with Crippen molar-refractivity contribution < 1.29 is 12.8 Å². The average molecular weight is 397 g/mol. The molecule has 3 rings (SSSR count). The van der Waals surface area contributed by atoms with Gasteiger partial charge in [0.15, 0.2) is 10.4 Å². The summed E-state index contributed by atoms with van der Waals surface area (Å²) < 4.78 is 42.4. The van der Waals surface area contributed by atoms with Crippen molar-refractivity contribution >= 4 is 21.4 Å². The number of benzene rings is 1. The lowest BCUT2D eigenvalue weighted by Crippen LogP contribution is -2.43. The predicted molar refractivity (Wildman–Crippen MR) is 99.8 cm³/mol. The molecule has 0 saturated heterocycles. The number of rotatable bonds is 7. The fourth-order valence-corrected chi connectivity index (χ4v) is 5.55.